The summed E-state index contributed by atoms with van der Waals surface area (Å²) in [7, 11) is 0. The molecule has 1 rings (SSSR count). The largest absolute Gasteiger partial charge is 0.207 e. The van der Waals surface area contributed by atoms with Crippen molar-refractivity contribution in [2.45, 2.75) is 59.3 Å². The molecule has 1 aromatic rings. The number of benzene rings is 1. The number of nitriles is 1. The molecule has 0 aliphatic heterocycles. The van der Waals surface area contributed by atoms with Gasteiger partial charge in [0.05, 0.1) is 11.6 Å². The van der Waals surface area contributed by atoms with Crippen molar-refractivity contribution in [3.63, 3.8) is 0 Å². The van der Waals surface area contributed by atoms with Gasteiger partial charge >= 0.3 is 0 Å². The molecule has 0 bridgehead atoms. The number of hydrogen-bond donors (Lipinski definition) is 0. The van der Waals surface area contributed by atoms with Crippen LogP contribution in [0.15, 0.2) is 6.07 Å². The third-order valence-electron chi connectivity index (χ3n) is 3.24. The smallest absolute Gasteiger partial charge is 0.128 e. The van der Waals surface area contributed by atoms with Crippen molar-refractivity contribution in [3.05, 3.63) is 34.1 Å². The van der Waals surface area contributed by atoms with Gasteiger partial charge in [0.15, 0.2) is 0 Å². The molecule has 18 heavy (non-hydrogen) atoms. The van der Waals surface area contributed by atoms with E-state index < -0.39 is 0 Å². The van der Waals surface area contributed by atoms with Crippen molar-refractivity contribution in [2.75, 3.05) is 0 Å². The molecule has 0 saturated carbocycles. The predicted octanol–water partition coefficient (Wildman–Crippen LogP) is 4.90. The Kier molecular flexibility index (Phi) is 4.90. The SMILES string of the molecule is CCCc1c(C#N)cc(F)c(C(C)C)c1C(C)C. The average molecular weight is 247 g/mol. The van der Waals surface area contributed by atoms with Gasteiger partial charge in [0, 0.05) is 0 Å². The van der Waals surface area contributed by atoms with E-state index >= 15 is 0 Å². The average Bonchev–Trinajstić information content (AvgIpc) is 2.29. The van der Waals surface area contributed by atoms with Crippen LogP contribution in [0.1, 0.15) is 75.1 Å². The molecule has 0 saturated heterocycles. The first-order chi connectivity index (χ1) is 8.43. The summed E-state index contributed by atoms with van der Waals surface area (Å²) in [5.41, 5.74) is 3.37. The maximum absolute atomic E-state index is 14.2. The van der Waals surface area contributed by atoms with Gasteiger partial charge in [-0.1, -0.05) is 41.0 Å². The Labute approximate surface area is 110 Å². The molecule has 2 heteroatoms. The zero-order chi connectivity index (χ0) is 13.9. The predicted molar refractivity (Wildman–Crippen MR) is 73.3 cm³/mol. The minimum atomic E-state index is -0.231. The van der Waals surface area contributed by atoms with Crippen LogP contribution >= 0.6 is 0 Å². The minimum Gasteiger partial charge on any atom is -0.207 e. The maximum atomic E-state index is 14.2. The number of halogens is 1. The topological polar surface area (TPSA) is 23.8 Å². The van der Waals surface area contributed by atoms with Crippen molar-refractivity contribution in [1.82, 2.24) is 0 Å². The van der Waals surface area contributed by atoms with Crippen LogP contribution in [0.25, 0.3) is 0 Å². The standard InChI is InChI=1S/C16H22FN/c1-6-7-13-12(9-18)8-14(17)16(11(4)5)15(13)10(2)3/h8,10-11H,6-7H2,1-5H3. The molecule has 0 spiro atoms. The van der Waals surface area contributed by atoms with E-state index in [1.807, 2.05) is 13.8 Å². The molecule has 1 aromatic carbocycles. The van der Waals surface area contributed by atoms with Crippen LogP contribution in [0.3, 0.4) is 0 Å². The van der Waals surface area contributed by atoms with Crippen LogP contribution in [0.2, 0.25) is 0 Å². The van der Waals surface area contributed by atoms with Gasteiger partial charge in [0.25, 0.3) is 0 Å². The van der Waals surface area contributed by atoms with Crippen LogP contribution in [0, 0.1) is 17.1 Å². The fraction of sp³-hybridized carbons (Fsp3) is 0.562. The lowest BCUT2D eigenvalue weighted by atomic mass is 9.83. The normalized spacial score (nSPS) is 11.1. The summed E-state index contributed by atoms with van der Waals surface area (Å²) in [5, 5.41) is 9.19. The Bertz CT molecular complexity index is 467. The zero-order valence-electron chi connectivity index (χ0n) is 12.0. The molecule has 0 fully saturated rings. The number of hydrogen-bond acceptors (Lipinski definition) is 1. The summed E-state index contributed by atoms with van der Waals surface area (Å²) in [6.45, 7) is 10.2. The highest BCUT2D eigenvalue weighted by atomic mass is 19.1. The summed E-state index contributed by atoms with van der Waals surface area (Å²) in [6.07, 6.45) is 1.81. The highest BCUT2D eigenvalue weighted by Crippen LogP contribution is 2.34. The first kappa shape index (κ1) is 14.7. The summed E-state index contributed by atoms with van der Waals surface area (Å²) >= 11 is 0. The number of rotatable bonds is 4. The van der Waals surface area contributed by atoms with Gasteiger partial charge in [-0.05, 0) is 41.0 Å². The van der Waals surface area contributed by atoms with Gasteiger partial charge in [0.1, 0.15) is 5.82 Å². The molecule has 1 nitrogen and oxygen atoms in total. The van der Waals surface area contributed by atoms with E-state index in [1.165, 1.54) is 6.07 Å². The van der Waals surface area contributed by atoms with Crippen LogP contribution < -0.4 is 0 Å². The number of nitrogens with zero attached hydrogens (tertiary/aromatic N) is 1. The Morgan fingerprint density at radius 2 is 1.72 bits per heavy atom. The van der Waals surface area contributed by atoms with Gasteiger partial charge in [-0.3, -0.25) is 0 Å². The lowest BCUT2D eigenvalue weighted by Crippen LogP contribution is -2.09. The highest BCUT2D eigenvalue weighted by Gasteiger charge is 2.21. The van der Waals surface area contributed by atoms with Crippen molar-refractivity contribution < 1.29 is 4.39 Å². The molecule has 0 unspecified atom stereocenters. The Morgan fingerprint density at radius 3 is 2.11 bits per heavy atom. The molecule has 0 heterocycles. The van der Waals surface area contributed by atoms with Gasteiger partial charge in [0.2, 0.25) is 0 Å². The third kappa shape index (κ3) is 2.72. The molecule has 0 aliphatic carbocycles. The van der Waals surface area contributed by atoms with Gasteiger partial charge in [-0.2, -0.15) is 5.26 Å². The molecule has 0 atom stereocenters. The second kappa shape index (κ2) is 6.00. The van der Waals surface area contributed by atoms with Gasteiger partial charge < -0.3 is 0 Å². The van der Waals surface area contributed by atoms with E-state index in [-0.39, 0.29) is 17.7 Å². The first-order valence-corrected chi connectivity index (χ1v) is 6.69. The van der Waals surface area contributed by atoms with Crippen LogP contribution in [-0.2, 0) is 6.42 Å². The summed E-state index contributed by atoms with van der Waals surface area (Å²) in [5.74, 6) is 0.155. The second-order valence-corrected chi connectivity index (χ2v) is 5.38. The quantitative estimate of drug-likeness (QED) is 0.742. The van der Waals surface area contributed by atoms with E-state index in [0.717, 1.165) is 29.5 Å². The third-order valence-corrected chi connectivity index (χ3v) is 3.24. The van der Waals surface area contributed by atoms with Crippen LogP contribution in [0.5, 0.6) is 0 Å². The van der Waals surface area contributed by atoms with Crippen LogP contribution in [0.4, 0.5) is 4.39 Å². The van der Waals surface area contributed by atoms with Crippen molar-refractivity contribution >= 4 is 0 Å². The molecular formula is C16H22FN. The van der Waals surface area contributed by atoms with Crippen molar-refractivity contribution in [3.8, 4) is 6.07 Å². The van der Waals surface area contributed by atoms with Crippen molar-refractivity contribution in [2.24, 2.45) is 0 Å². The second-order valence-electron chi connectivity index (χ2n) is 5.38. The maximum Gasteiger partial charge on any atom is 0.128 e. The molecule has 0 N–H and O–H groups in total. The molecule has 98 valence electrons. The minimum absolute atomic E-state index is 0.144. The Hall–Kier alpha value is -1.36. The summed E-state index contributed by atoms with van der Waals surface area (Å²) in [6, 6.07) is 3.55. The van der Waals surface area contributed by atoms with E-state index in [4.69, 9.17) is 0 Å². The lowest BCUT2D eigenvalue weighted by Gasteiger charge is -2.22. The lowest BCUT2D eigenvalue weighted by molar-refractivity contribution is 0.586. The first-order valence-electron chi connectivity index (χ1n) is 6.69. The summed E-state index contributed by atoms with van der Waals surface area (Å²) in [4.78, 5) is 0. The molecular weight excluding hydrogens is 225 g/mol. The summed E-state index contributed by atoms with van der Waals surface area (Å²) < 4.78 is 14.2. The molecule has 0 amide bonds. The van der Waals surface area contributed by atoms with E-state index in [2.05, 4.69) is 26.8 Å². The molecule has 0 aromatic heterocycles. The van der Waals surface area contributed by atoms with Gasteiger partial charge in [-0.15, -0.1) is 0 Å². The monoisotopic (exact) mass is 247 g/mol. The van der Waals surface area contributed by atoms with E-state index in [9.17, 15) is 9.65 Å². The highest BCUT2D eigenvalue weighted by molar-refractivity contribution is 5.50. The Morgan fingerprint density at radius 1 is 1.17 bits per heavy atom. The fourth-order valence-corrected chi connectivity index (χ4v) is 2.59. The molecule has 0 aliphatic rings. The van der Waals surface area contributed by atoms with Crippen LogP contribution in [-0.4, -0.2) is 0 Å². The van der Waals surface area contributed by atoms with E-state index in [1.54, 1.807) is 0 Å². The van der Waals surface area contributed by atoms with E-state index in [0.29, 0.717) is 5.56 Å². The van der Waals surface area contributed by atoms with Crippen molar-refractivity contribution in [1.29, 1.82) is 5.26 Å². The Balaban J connectivity index is 3.65. The van der Waals surface area contributed by atoms with Gasteiger partial charge in [-0.25, -0.2) is 4.39 Å². The molecule has 0 radical (unpaired) electrons. The zero-order valence-corrected chi connectivity index (χ0v) is 12.0. The fourth-order valence-electron chi connectivity index (χ4n) is 2.59.